The molecular formula is C84H161NO5. The number of hydrogen-bond acceptors (Lipinski definition) is 5. The Morgan fingerprint density at radius 2 is 0.556 bits per heavy atom. The smallest absolute Gasteiger partial charge is 0.305 e. The van der Waals surface area contributed by atoms with Crippen molar-refractivity contribution in [2.45, 2.75) is 475 Å². The van der Waals surface area contributed by atoms with Gasteiger partial charge in [0.25, 0.3) is 0 Å². The fraction of sp³-hybridized carbons (Fsp3) is 0.905. The van der Waals surface area contributed by atoms with Gasteiger partial charge in [-0.25, -0.2) is 0 Å². The van der Waals surface area contributed by atoms with Gasteiger partial charge >= 0.3 is 5.97 Å². The molecule has 3 N–H and O–H groups in total. The van der Waals surface area contributed by atoms with E-state index in [4.69, 9.17) is 4.74 Å². The first-order valence-corrected chi connectivity index (χ1v) is 41.2. The van der Waals surface area contributed by atoms with Crippen LogP contribution < -0.4 is 5.32 Å². The molecule has 0 aliphatic heterocycles. The predicted octanol–water partition coefficient (Wildman–Crippen LogP) is 27.4. The van der Waals surface area contributed by atoms with Crippen LogP contribution in [0.5, 0.6) is 0 Å². The van der Waals surface area contributed by atoms with Crippen LogP contribution in [0.3, 0.4) is 0 Å². The van der Waals surface area contributed by atoms with E-state index in [1.165, 1.54) is 379 Å². The quantitative estimate of drug-likeness (QED) is 0.0320. The Kier molecular flexibility index (Phi) is 77.8. The van der Waals surface area contributed by atoms with Gasteiger partial charge in [-0.2, -0.15) is 0 Å². The van der Waals surface area contributed by atoms with Crippen LogP contribution in [0.1, 0.15) is 463 Å². The largest absolute Gasteiger partial charge is 0.466 e. The Bertz CT molecular complexity index is 1460. The van der Waals surface area contributed by atoms with Gasteiger partial charge in [0.05, 0.1) is 25.4 Å². The zero-order valence-corrected chi connectivity index (χ0v) is 61.1. The Labute approximate surface area is 564 Å². The van der Waals surface area contributed by atoms with Crippen molar-refractivity contribution < 1.29 is 24.5 Å². The second-order valence-electron chi connectivity index (χ2n) is 28.5. The average molecular weight is 1270 g/mol. The number of hydrogen-bond donors (Lipinski definition) is 3. The molecule has 0 rings (SSSR count). The van der Waals surface area contributed by atoms with E-state index in [0.717, 1.165) is 51.4 Å². The van der Waals surface area contributed by atoms with E-state index in [-0.39, 0.29) is 18.5 Å². The lowest BCUT2D eigenvalue weighted by Gasteiger charge is -2.22. The maximum Gasteiger partial charge on any atom is 0.305 e. The molecule has 0 heterocycles. The SMILES string of the molecule is CCCCCC/C=C\C/C=C\CCCCCCCC(=O)OCCCCCCCCCCCCCCCCCCCC/C=C\CCCCCCCCCCCCCCCCCCCC(=O)NC(CO)C(O)CCCCCCCCCCCCCCCCCCCC. The minimum Gasteiger partial charge on any atom is -0.466 e. The molecule has 0 aliphatic carbocycles. The summed E-state index contributed by atoms with van der Waals surface area (Å²) in [5, 5.41) is 23.4. The molecule has 0 aromatic heterocycles. The monoisotopic (exact) mass is 1260 g/mol. The molecule has 0 aromatic rings. The highest BCUT2D eigenvalue weighted by molar-refractivity contribution is 5.76. The highest BCUT2D eigenvalue weighted by atomic mass is 16.5. The number of aliphatic hydroxyl groups excluding tert-OH is 2. The third kappa shape index (κ3) is 75.1. The van der Waals surface area contributed by atoms with Gasteiger partial charge in [-0.15, -0.1) is 0 Å². The normalized spacial score (nSPS) is 12.6. The molecule has 0 aliphatic rings. The number of ether oxygens (including phenoxy) is 1. The number of rotatable bonds is 78. The lowest BCUT2D eigenvalue weighted by atomic mass is 10.0. The van der Waals surface area contributed by atoms with Crippen molar-refractivity contribution in [1.29, 1.82) is 0 Å². The predicted molar refractivity (Wildman–Crippen MR) is 398 cm³/mol. The fourth-order valence-electron chi connectivity index (χ4n) is 13.1. The van der Waals surface area contributed by atoms with Gasteiger partial charge in [0.1, 0.15) is 0 Å². The molecule has 6 heteroatoms. The van der Waals surface area contributed by atoms with Gasteiger partial charge in [0, 0.05) is 12.8 Å². The average Bonchev–Trinajstić information content (AvgIpc) is 3.68. The number of amides is 1. The summed E-state index contributed by atoms with van der Waals surface area (Å²) in [7, 11) is 0. The Morgan fingerprint density at radius 3 is 0.867 bits per heavy atom. The molecule has 0 aromatic carbocycles. The number of carbonyl (C=O) groups is 2. The highest BCUT2D eigenvalue weighted by Gasteiger charge is 2.20. The van der Waals surface area contributed by atoms with E-state index >= 15 is 0 Å². The second-order valence-corrected chi connectivity index (χ2v) is 28.5. The number of unbranched alkanes of at least 4 members (excludes halogenated alkanes) is 61. The molecule has 0 spiro atoms. The summed E-state index contributed by atoms with van der Waals surface area (Å²) >= 11 is 0. The third-order valence-corrected chi connectivity index (χ3v) is 19.4. The maximum atomic E-state index is 12.6. The van der Waals surface area contributed by atoms with E-state index < -0.39 is 12.1 Å². The van der Waals surface area contributed by atoms with Gasteiger partial charge in [0.15, 0.2) is 0 Å². The number of allylic oxidation sites excluding steroid dienone is 6. The molecule has 0 saturated carbocycles. The van der Waals surface area contributed by atoms with Crippen LogP contribution in [0.4, 0.5) is 0 Å². The zero-order valence-electron chi connectivity index (χ0n) is 61.1. The first kappa shape index (κ1) is 88.1. The number of nitrogens with one attached hydrogen (secondary N) is 1. The summed E-state index contributed by atoms with van der Waals surface area (Å²) in [5.41, 5.74) is 0. The van der Waals surface area contributed by atoms with Crippen molar-refractivity contribution in [3.8, 4) is 0 Å². The topological polar surface area (TPSA) is 95.9 Å². The van der Waals surface area contributed by atoms with Gasteiger partial charge in [-0.1, -0.05) is 403 Å². The van der Waals surface area contributed by atoms with E-state index in [0.29, 0.717) is 25.9 Å². The fourth-order valence-corrected chi connectivity index (χ4v) is 13.1. The first-order valence-electron chi connectivity index (χ1n) is 41.2. The Balaban J connectivity index is 3.32. The summed E-state index contributed by atoms with van der Waals surface area (Å²) in [6.45, 7) is 4.98. The van der Waals surface area contributed by atoms with Crippen molar-refractivity contribution in [1.82, 2.24) is 5.32 Å². The summed E-state index contributed by atoms with van der Waals surface area (Å²) in [6, 6.07) is -0.539. The molecule has 6 nitrogen and oxygen atoms in total. The molecule has 0 saturated heterocycles. The van der Waals surface area contributed by atoms with Crippen LogP contribution >= 0.6 is 0 Å². The lowest BCUT2D eigenvalue weighted by molar-refractivity contribution is -0.143. The summed E-state index contributed by atoms with van der Waals surface area (Å²) in [5.74, 6) is -0.0165. The van der Waals surface area contributed by atoms with Gasteiger partial charge in [0.2, 0.25) is 5.91 Å². The molecule has 0 bridgehead atoms. The highest BCUT2D eigenvalue weighted by Crippen LogP contribution is 2.20. The first-order chi connectivity index (χ1) is 44.5. The van der Waals surface area contributed by atoms with Crippen molar-refractivity contribution in [3.05, 3.63) is 36.5 Å². The van der Waals surface area contributed by atoms with Crippen molar-refractivity contribution in [2.24, 2.45) is 0 Å². The minimum absolute atomic E-state index is 0.00964. The lowest BCUT2D eigenvalue weighted by Crippen LogP contribution is -2.45. The van der Waals surface area contributed by atoms with Crippen LogP contribution in [-0.4, -0.2) is 47.4 Å². The van der Waals surface area contributed by atoms with E-state index in [1.807, 2.05) is 0 Å². The third-order valence-electron chi connectivity index (χ3n) is 19.4. The summed E-state index contributed by atoms with van der Waals surface area (Å²) in [4.78, 5) is 24.6. The van der Waals surface area contributed by atoms with Crippen molar-refractivity contribution in [3.63, 3.8) is 0 Å². The number of aliphatic hydroxyl groups is 2. The molecule has 532 valence electrons. The Morgan fingerprint density at radius 1 is 0.311 bits per heavy atom. The van der Waals surface area contributed by atoms with Gasteiger partial charge in [-0.05, 0) is 83.5 Å². The maximum absolute atomic E-state index is 12.6. The van der Waals surface area contributed by atoms with Crippen LogP contribution in [0, 0.1) is 0 Å². The second kappa shape index (κ2) is 79.5. The van der Waals surface area contributed by atoms with Crippen LogP contribution in [0.25, 0.3) is 0 Å². The van der Waals surface area contributed by atoms with Gasteiger partial charge in [-0.3, -0.25) is 9.59 Å². The van der Waals surface area contributed by atoms with Crippen LogP contribution in [-0.2, 0) is 14.3 Å². The number of carbonyl (C=O) groups excluding carboxylic acids is 2. The van der Waals surface area contributed by atoms with Crippen LogP contribution in [0.2, 0.25) is 0 Å². The zero-order chi connectivity index (χ0) is 64.9. The molecule has 2 atom stereocenters. The van der Waals surface area contributed by atoms with Crippen LogP contribution in [0.15, 0.2) is 36.5 Å². The Hall–Kier alpha value is -1.92. The molecule has 1 amide bonds. The standard InChI is InChI=1S/C84H161NO5/c1-3-5-7-9-11-13-15-17-19-21-45-48-52-56-60-64-68-72-76-82(87)81(80-86)85-83(88)77-73-69-65-61-57-53-49-46-43-41-39-37-35-33-31-29-27-25-23-22-24-26-28-30-32-34-36-38-40-42-44-47-51-55-59-63-67-71-75-79-90-84(89)78-74-70-66-62-58-54-50-20-18-16-14-12-10-8-6-4-2/h14,16,20,22-23,50,81-82,86-87H,3-13,15,17-19,21,24-49,51-80H2,1-2H3,(H,85,88)/b16-14-,23-22-,50-20-. The minimum atomic E-state index is -0.662. The van der Waals surface area contributed by atoms with E-state index in [1.54, 1.807) is 0 Å². The summed E-state index contributed by atoms with van der Waals surface area (Å²) < 4.78 is 5.50. The van der Waals surface area contributed by atoms with Crippen molar-refractivity contribution in [2.75, 3.05) is 13.2 Å². The molecule has 0 fully saturated rings. The molecular weight excluding hydrogens is 1100 g/mol. The van der Waals surface area contributed by atoms with Gasteiger partial charge < -0.3 is 20.3 Å². The number of esters is 1. The molecule has 0 radical (unpaired) electrons. The summed E-state index contributed by atoms with van der Waals surface area (Å²) in [6.07, 6.45) is 104. The molecule has 90 heavy (non-hydrogen) atoms. The van der Waals surface area contributed by atoms with E-state index in [2.05, 4.69) is 55.6 Å². The van der Waals surface area contributed by atoms with Crippen molar-refractivity contribution >= 4 is 11.9 Å². The molecule has 2 unspecified atom stereocenters. The van der Waals surface area contributed by atoms with E-state index in [9.17, 15) is 19.8 Å².